The molecule has 2 N–H and O–H groups in total. The van der Waals surface area contributed by atoms with Crippen molar-refractivity contribution in [3.8, 4) is 0 Å². The molecular formula is C17H26N2O2S. The van der Waals surface area contributed by atoms with Gasteiger partial charge in [-0.1, -0.05) is 12.1 Å². The molecule has 22 heavy (non-hydrogen) atoms. The molecule has 2 amide bonds. The van der Waals surface area contributed by atoms with Crippen molar-refractivity contribution in [2.45, 2.75) is 43.2 Å². The molecule has 1 saturated carbocycles. The van der Waals surface area contributed by atoms with Crippen LogP contribution in [0.5, 0.6) is 0 Å². The van der Waals surface area contributed by atoms with Gasteiger partial charge in [-0.2, -0.15) is 0 Å². The highest BCUT2D eigenvalue weighted by Crippen LogP contribution is 2.26. The molecule has 1 aliphatic carbocycles. The van der Waals surface area contributed by atoms with Crippen LogP contribution in [0.4, 0.5) is 4.79 Å². The highest BCUT2D eigenvalue weighted by Gasteiger charge is 2.25. The second-order valence-electron chi connectivity index (χ2n) is 5.97. The SMILES string of the molecule is CSc1ccc(CNC(=O)N(C)C2CCC(CO)CC2)cc1. The first kappa shape index (κ1) is 17.2. The van der Waals surface area contributed by atoms with Gasteiger partial charge in [-0.15, -0.1) is 11.8 Å². The minimum absolute atomic E-state index is 0.0126. The van der Waals surface area contributed by atoms with E-state index in [2.05, 4.69) is 35.8 Å². The van der Waals surface area contributed by atoms with Crippen LogP contribution in [0.15, 0.2) is 29.2 Å². The van der Waals surface area contributed by atoms with Crippen LogP contribution in [0.1, 0.15) is 31.2 Å². The zero-order valence-electron chi connectivity index (χ0n) is 13.4. The van der Waals surface area contributed by atoms with E-state index in [1.54, 1.807) is 11.8 Å². The Kier molecular flexibility index (Phi) is 6.58. The number of urea groups is 1. The Labute approximate surface area is 137 Å². The number of nitrogens with one attached hydrogen (secondary N) is 1. The van der Waals surface area contributed by atoms with Gasteiger partial charge in [0.15, 0.2) is 0 Å². The summed E-state index contributed by atoms with van der Waals surface area (Å²) in [5.41, 5.74) is 1.11. The van der Waals surface area contributed by atoms with E-state index in [0.717, 1.165) is 31.2 Å². The summed E-state index contributed by atoms with van der Waals surface area (Å²) in [6, 6.07) is 8.54. The number of carbonyl (C=O) groups is 1. The van der Waals surface area contributed by atoms with Crippen molar-refractivity contribution in [1.82, 2.24) is 10.2 Å². The predicted octanol–water partition coefficient (Wildman–Crippen LogP) is 3.10. The number of aliphatic hydroxyl groups is 1. The Morgan fingerprint density at radius 2 is 1.91 bits per heavy atom. The number of thioether (sulfide) groups is 1. The zero-order chi connectivity index (χ0) is 15.9. The van der Waals surface area contributed by atoms with E-state index < -0.39 is 0 Å². The molecule has 2 rings (SSSR count). The van der Waals surface area contributed by atoms with Crippen molar-refractivity contribution in [1.29, 1.82) is 0 Å². The lowest BCUT2D eigenvalue weighted by molar-refractivity contribution is 0.134. The average Bonchev–Trinajstić information content (AvgIpc) is 2.59. The van der Waals surface area contributed by atoms with Gasteiger partial charge in [0.2, 0.25) is 0 Å². The van der Waals surface area contributed by atoms with Gasteiger partial charge in [-0.3, -0.25) is 0 Å². The van der Waals surface area contributed by atoms with Crippen molar-refractivity contribution < 1.29 is 9.90 Å². The van der Waals surface area contributed by atoms with Crippen LogP contribution >= 0.6 is 11.8 Å². The molecule has 0 saturated heterocycles. The normalized spacial score (nSPS) is 21.4. The average molecular weight is 322 g/mol. The summed E-state index contributed by atoms with van der Waals surface area (Å²) in [5.74, 6) is 0.419. The van der Waals surface area contributed by atoms with Crippen LogP contribution in [-0.4, -0.2) is 42.0 Å². The minimum Gasteiger partial charge on any atom is -0.396 e. The van der Waals surface area contributed by atoms with Crippen molar-refractivity contribution in [2.24, 2.45) is 5.92 Å². The van der Waals surface area contributed by atoms with E-state index in [1.165, 1.54) is 4.90 Å². The van der Waals surface area contributed by atoms with Gasteiger partial charge < -0.3 is 15.3 Å². The molecule has 0 unspecified atom stereocenters. The fourth-order valence-corrected chi connectivity index (χ4v) is 3.33. The Bertz CT molecular complexity index is 470. The number of hydrogen-bond acceptors (Lipinski definition) is 3. The van der Waals surface area contributed by atoms with Crippen LogP contribution in [0, 0.1) is 5.92 Å². The Balaban J connectivity index is 1.78. The third-order valence-electron chi connectivity index (χ3n) is 4.55. The first-order chi connectivity index (χ1) is 10.6. The molecule has 1 fully saturated rings. The van der Waals surface area contributed by atoms with Crippen LogP contribution < -0.4 is 5.32 Å². The Hall–Kier alpha value is -1.20. The van der Waals surface area contributed by atoms with E-state index in [1.807, 2.05) is 11.9 Å². The number of nitrogens with zero attached hydrogens (tertiary/aromatic N) is 1. The molecule has 5 heteroatoms. The highest BCUT2D eigenvalue weighted by molar-refractivity contribution is 7.98. The zero-order valence-corrected chi connectivity index (χ0v) is 14.2. The molecule has 4 nitrogen and oxygen atoms in total. The Morgan fingerprint density at radius 3 is 2.45 bits per heavy atom. The molecule has 0 spiro atoms. The van der Waals surface area contributed by atoms with Gasteiger partial charge in [-0.25, -0.2) is 4.79 Å². The standard InChI is InChI=1S/C17H26N2O2S/c1-19(15-7-3-14(12-20)4-8-15)17(21)18-11-13-5-9-16(22-2)10-6-13/h5-6,9-10,14-15,20H,3-4,7-8,11-12H2,1-2H3,(H,18,21). The molecule has 0 radical (unpaired) electrons. The maximum atomic E-state index is 12.3. The van der Waals surface area contributed by atoms with Crippen molar-refractivity contribution in [2.75, 3.05) is 19.9 Å². The minimum atomic E-state index is -0.0126. The number of aliphatic hydroxyl groups excluding tert-OH is 1. The first-order valence-electron chi connectivity index (χ1n) is 7.88. The van der Waals surface area contributed by atoms with Crippen LogP contribution in [0.2, 0.25) is 0 Å². The lowest BCUT2D eigenvalue weighted by Gasteiger charge is -2.34. The maximum Gasteiger partial charge on any atom is 0.317 e. The van der Waals surface area contributed by atoms with Crippen LogP contribution in [-0.2, 0) is 6.54 Å². The number of amides is 2. The molecule has 0 aromatic heterocycles. The molecule has 1 aliphatic rings. The van der Waals surface area contributed by atoms with Gasteiger partial charge in [0.25, 0.3) is 0 Å². The summed E-state index contributed by atoms with van der Waals surface area (Å²) in [7, 11) is 1.87. The van der Waals surface area contributed by atoms with E-state index in [4.69, 9.17) is 0 Å². The van der Waals surface area contributed by atoms with Gasteiger partial charge in [0.05, 0.1) is 0 Å². The third-order valence-corrected chi connectivity index (χ3v) is 5.29. The summed E-state index contributed by atoms with van der Waals surface area (Å²) >= 11 is 1.71. The summed E-state index contributed by atoms with van der Waals surface area (Å²) in [4.78, 5) is 15.3. The predicted molar refractivity (Wildman–Crippen MR) is 91.1 cm³/mol. The molecule has 0 aliphatic heterocycles. The smallest absolute Gasteiger partial charge is 0.317 e. The van der Waals surface area contributed by atoms with E-state index in [0.29, 0.717) is 18.5 Å². The molecule has 1 aromatic rings. The fourth-order valence-electron chi connectivity index (χ4n) is 2.93. The first-order valence-corrected chi connectivity index (χ1v) is 9.11. The molecule has 0 atom stereocenters. The molecule has 1 aromatic carbocycles. The third kappa shape index (κ3) is 4.65. The highest BCUT2D eigenvalue weighted by atomic mass is 32.2. The Morgan fingerprint density at radius 1 is 1.27 bits per heavy atom. The second-order valence-corrected chi connectivity index (χ2v) is 6.85. The summed E-state index contributed by atoms with van der Waals surface area (Å²) in [5, 5.41) is 12.2. The quantitative estimate of drug-likeness (QED) is 0.819. The number of carbonyl (C=O) groups excluding carboxylic acids is 1. The lowest BCUT2D eigenvalue weighted by Crippen LogP contribution is -2.45. The molecule has 122 valence electrons. The molecule has 0 heterocycles. The molecular weight excluding hydrogens is 296 g/mol. The van der Waals surface area contributed by atoms with Crippen LogP contribution in [0.25, 0.3) is 0 Å². The van der Waals surface area contributed by atoms with E-state index in [9.17, 15) is 9.90 Å². The van der Waals surface area contributed by atoms with Gasteiger partial charge in [0.1, 0.15) is 0 Å². The number of benzene rings is 1. The number of hydrogen-bond donors (Lipinski definition) is 2. The van der Waals surface area contributed by atoms with Crippen molar-refractivity contribution in [3.63, 3.8) is 0 Å². The number of rotatable bonds is 5. The monoisotopic (exact) mass is 322 g/mol. The van der Waals surface area contributed by atoms with E-state index >= 15 is 0 Å². The van der Waals surface area contributed by atoms with Crippen LogP contribution in [0.3, 0.4) is 0 Å². The van der Waals surface area contributed by atoms with Gasteiger partial charge >= 0.3 is 6.03 Å². The summed E-state index contributed by atoms with van der Waals surface area (Å²) in [6.45, 7) is 0.832. The second kappa shape index (κ2) is 8.44. The topological polar surface area (TPSA) is 52.6 Å². The summed E-state index contributed by atoms with van der Waals surface area (Å²) < 4.78 is 0. The molecule has 0 bridgehead atoms. The fraction of sp³-hybridized carbons (Fsp3) is 0.588. The lowest BCUT2D eigenvalue weighted by atomic mass is 9.86. The van der Waals surface area contributed by atoms with Gasteiger partial charge in [0, 0.05) is 31.1 Å². The van der Waals surface area contributed by atoms with Crippen molar-refractivity contribution >= 4 is 17.8 Å². The summed E-state index contributed by atoms with van der Waals surface area (Å²) in [6.07, 6.45) is 6.04. The largest absolute Gasteiger partial charge is 0.396 e. The van der Waals surface area contributed by atoms with Gasteiger partial charge in [-0.05, 0) is 55.6 Å². The van der Waals surface area contributed by atoms with E-state index in [-0.39, 0.29) is 12.6 Å². The maximum absolute atomic E-state index is 12.3. The van der Waals surface area contributed by atoms with Crippen molar-refractivity contribution in [3.05, 3.63) is 29.8 Å².